The van der Waals surface area contributed by atoms with Crippen molar-refractivity contribution in [3.63, 3.8) is 0 Å². The fourth-order valence-corrected chi connectivity index (χ4v) is 3.13. The van der Waals surface area contributed by atoms with Crippen LogP contribution in [0.5, 0.6) is 0 Å². The van der Waals surface area contributed by atoms with Gasteiger partial charge in [-0.25, -0.2) is 0 Å². The molecule has 1 saturated carbocycles. The summed E-state index contributed by atoms with van der Waals surface area (Å²) in [6.07, 6.45) is 2.55. The predicted molar refractivity (Wildman–Crippen MR) is 76.8 cm³/mol. The van der Waals surface area contributed by atoms with Crippen molar-refractivity contribution in [2.24, 2.45) is 17.3 Å². The zero-order valence-electron chi connectivity index (χ0n) is 13.5. The maximum Gasteiger partial charge on any atom is 0.312 e. The molecule has 0 spiro atoms. The van der Waals surface area contributed by atoms with E-state index in [1.807, 2.05) is 27.7 Å². The molecule has 3 heteroatoms. The van der Waals surface area contributed by atoms with Gasteiger partial charge in [0.1, 0.15) is 5.60 Å². The minimum Gasteiger partial charge on any atom is -0.460 e. The van der Waals surface area contributed by atoms with Crippen molar-refractivity contribution in [1.82, 2.24) is 0 Å². The van der Waals surface area contributed by atoms with Crippen molar-refractivity contribution in [2.45, 2.75) is 78.9 Å². The second kappa shape index (κ2) is 5.08. The highest BCUT2D eigenvalue weighted by Gasteiger charge is 2.49. The number of hydrogen-bond acceptors (Lipinski definition) is 3. The van der Waals surface area contributed by atoms with Gasteiger partial charge >= 0.3 is 5.97 Å². The molecule has 0 heterocycles. The monoisotopic (exact) mass is 270 g/mol. The molecule has 1 rings (SSSR count). The Hall–Kier alpha value is -0.570. The summed E-state index contributed by atoms with van der Waals surface area (Å²) in [5, 5.41) is 10.9. The van der Waals surface area contributed by atoms with Crippen LogP contribution in [0, 0.1) is 17.3 Å². The van der Waals surface area contributed by atoms with Gasteiger partial charge in [0.15, 0.2) is 0 Å². The van der Waals surface area contributed by atoms with Crippen molar-refractivity contribution in [1.29, 1.82) is 0 Å². The van der Waals surface area contributed by atoms with E-state index in [1.54, 1.807) is 6.92 Å². The Kier molecular flexibility index (Phi) is 4.41. The SMILES string of the molecule is CC1CC(C)(C)CCC1(O)C(C)C(=O)OC(C)(C)C. The molecule has 0 bridgehead atoms. The maximum atomic E-state index is 12.2. The summed E-state index contributed by atoms with van der Waals surface area (Å²) in [6, 6.07) is 0. The smallest absolute Gasteiger partial charge is 0.312 e. The van der Waals surface area contributed by atoms with Crippen molar-refractivity contribution < 1.29 is 14.6 Å². The van der Waals surface area contributed by atoms with Crippen molar-refractivity contribution in [3.8, 4) is 0 Å². The molecule has 0 saturated heterocycles. The summed E-state index contributed by atoms with van der Waals surface area (Å²) in [5.74, 6) is -0.654. The molecule has 0 aromatic rings. The first kappa shape index (κ1) is 16.5. The van der Waals surface area contributed by atoms with E-state index in [0.29, 0.717) is 6.42 Å². The molecule has 1 fully saturated rings. The molecule has 1 aliphatic rings. The van der Waals surface area contributed by atoms with Crippen molar-refractivity contribution >= 4 is 5.97 Å². The normalized spacial score (nSPS) is 32.7. The van der Waals surface area contributed by atoms with E-state index in [0.717, 1.165) is 12.8 Å². The molecule has 0 amide bonds. The van der Waals surface area contributed by atoms with E-state index >= 15 is 0 Å². The second-order valence-electron chi connectivity index (χ2n) is 8.02. The third-order valence-corrected chi connectivity index (χ3v) is 4.42. The zero-order chi connectivity index (χ0) is 15.1. The van der Waals surface area contributed by atoms with Crippen LogP contribution in [0.15, 0.2) is 0 Å². The lowest BCUT2D eigenvalue weighted by Crippen LogP contribution is -2.52. The molecule has 112 valence electrons. The van der Waals surface area contributed by atoms with Gasteiger partial charge in [-0.05, 0) is 58.3 Å². The fourth-order valence-electron chi connectivity index (χ4n) is 3.13. The second-order valence-corrected chi connectivity index (χ2v) is 8.02. The molecule has 19 heavy (non-hydrogen) atoms. The fraction of sp³-hybridized carbons (Fsp3) is 0.938. The van der Waals surface area contributed by atoms with Crippen LogP contribution in [-0.2, 0) is 9.53 Å². The molecule has 3 unspecified atom stereocenters. The molecule has 1 N–H and O–H groups in total. The van der Waals surface area contributed by atoms with Gasteiger partial charge in [0, 0.05) is 0 Å². The van der Waals surface area contributed by atoms with Gasteiger partial charge in [0.25, 0.3) is 0 Å². The van der Waals surface area contributed by atoms with Crippen LogP contribution in [0.2, 0.25) is 0 Å². The average molecular weight is 270 g/mol. The van der Waals surface area contributed by atoms with Crippen molar-refractivity contribution in [2.75, 3.05) is 0 Å². The van der Waals surface area contributed by atoms with Crippen LogP contribution in [-0.4, -0.2) is 22.3 Å². The van der Waals surface area contributed by atoms with Crippen molar-refractivity contribution in [3.05, 3.63) is 0 Å². The Morgan fingerprint density at radius 1 is 1.32 bits per heavy atom. The molecule has 1 aliphatic carbocycles. The lowest BCUT2D eigenvalue weighted by atomic mass is 9.62. The van der Waals surface area contributed by atoms with E-state index in [2.05, 4.69) is 13.8 Å². The van der Waals surface area contributed by atoms with Gasteiger partial charge in [0.2, 0.25) is 0 Å². The summed E-state index contributed by atoms with van der Waals surface area (Å²) in [4.78, 5) is 12.2. The van der Waals surface area contributed by atoms with Gasteiger partial charge in [-0.3, -0.25) is 4.79 Å². The number of carbonyl (C=O) groups is 1. The number of hydrogen-bond donors (Lipinski definition) is 1. The Bertz CT molecular complexity index is 340. The highest BCUT2D eigenvalue weighted by atomic mass is 16.6. The zero-order valence-corrected chi connectivity index (χ0v) is 13.5. The van der Waals surface area contributed by atoms with E-state index in [1.165, 1.54) is 0 Å². The number of ether oxygens (including phenoxy) is 1. The Morgan fingerprint density at radius 2 is 1.84 bits per heavy atom. The van der Waals surface area contributed by atoms with E-state index in [9.17, 15) is 9.90 Å². The summed E-state index contributed by atoms with van der Waals surface area (Å²) < 4.78 is 5.42. The van der Waals surface area contributed by atoms with Gasteiger partial charge in [-0.1, -0.05) is 20.8 Å². The molecule has 0 aromatic heterocycles. The van der Waals surface area contributed by atoms with E-state index in [-0.39, 0.29) is 17.3 Å². The van der Waals surface area contributed by atoms with E-state index < -0.39 is 17.1 Å². The largest absolute Gasteiger partial charge is 0.460 e. The lowest BCUT2D eigenvalue weighted by molar-refractivity contribution is -0.178. The maximum absolute atomic E-state index is 12.2. The minimum atomic E-state index is -0.933. The number of esters is 1. The van der Waals surface area contributed by atoms with Crippen LogP contribution < -0.4 is 0 Å². The third kappa shape index (κ3) is 3.95. The highest BCUT2D eigenvalue weighted by Crippen LogP contribution is 2.47. The summed E-state index contributed by atoms with van der Waals surface area (Å²) in [7, 11) is 0. The summed E-state index contributed by atoms with van der Waals surface area (Å²) in [5.41, 5.74) is -1.18. The number of aliphatic hydroxyl groups is 1. The van der Waals surface area contributed by atoms with E-state index in [4.69, 9.17) is 4.74 Å². The standard InChI is InChI=1S/C16H30O3/c1-11-10-15(6,7)8-9-16(11,18)12(2)13(17)19-14(3,4)5/h11-12,18H,8-10H2,1-7H3. The Balaban J connectivity index is 2.80. The van der Waals surface area contributed by atoms with Crippen LogP contribution in [0.4, 0.5) is 0 Å². The lowest BCUT2D eigenvalue weighted by Gasteiger charge is -2.47. The van der Waals surface area contributed by atoms with Gasteiger partial charge in [0.05, 0.1) is 11.5 Å². The van der Waals surface area contributed by atoms with Crippen LogP contribution in [0.3, 0.4) is 0 Å². The van der Waals surface area contributed by atoms with Crippen LogP contribution >= 0.6 is 0 Å². The Morgan fingerprint density at radius 3 is 2.26 bits per heavy atom. The van der Waals surface area contributed by atoms with Gasteiger partial charge in [-0.2, -0.15) is 0 Å². The first-order chi connectivity index (χ1) is 8.37. The van der Waals surface area contributed by atoms with Crippen LogP contribution in [0.1, 0.15) is 67.7 Å². The molecule has 0 aromatic carbocycles. The Labute approximate surface area is 117 Å². The molecule has 3 atom stereocenters. The predicted octanol–water partition coefficient (Wildman–Crippen LogP) is 3.54. The first-order valence-electron chi connectivity index (χ1n) is 7.33. The summed E-state index contributed by atoms with van der Waals surface area (Å²) in [6.45, 7) is 13.9. The van der Waals surface area contributed by atoms with Crippen LogP contribution in [0.25, 0.3) is 0 Å². The molecule has 3 nitrogen and oxygen atoms in total. The molecule has 0 radical (unpaired) electrons. The number of rotatable bonds is 2. The quantitative estimate of drug-likeness (QED) is 0.781. The summed E-state index contributed by atoms with van der Waals surface area (Å²) >= 11 is 0. The minimum absolute atomic E-state index is 0.110. The third-order valence-electron chi connectivity index (χ3n) is 4.42. The average Bonchev–Trinajstić information content (AvgIpc) is 2.20. The molecular weight excluding hydrogens is 240 g/mol. The molecular formula is C16H30O3. The van der Waals surface area contributed by atoms with Gasteiger partial charge in [-0.15, -0.1) is 0 Å². The van der Waals surface area contributed by atoms with Gasteiger partial charge < -0.3 is 9.84 Å². The topological polar surface area (TPSA) is 46.5 Å². The molecule has 0 aliphatic heterocycles. The number of carbonyl (C=O) groups excluding carboxylic acids is 1. The highest BCUT2D eigenvalue weighted by molar-refractivity contribution is 5.74. The first-order valence-corrected chi connectivity index (χ1v) is 7.33.